The number of nitrogens with zero attached hydrogens (tertiary/aromatic N) is 4. The van der Waals surface area contributed by atoms with Crippen molar-refractivity contribution in [3.8, 4) is 0 Å². The molecule has 0 unspecified atom stereocenters. The number of nitro benzene ring substituents is 2. The van der Waals surface area contributed by atoms with Crippen molar-refractivity contribution in [2.24, 2.45) is 11.8 Å². The number of carbonyl (C=O) groups excluding carboxylic acids is 3. The standard InChI is InChI=1S/C39H41N5O12S/c1-22-33-32(23(2)45)36(46)42(33)34(37(47)48)35(22)57-31-17-30(41(19-31)39(50)56-21-27-10-14-29(15-11-27)44(53)54)16-7-24-3-5-25(6-4-24)18-40-38(49)55-20-26-8-12-28(13-9-26)43(51)52/h3-6,8-15,22-23,30-33,45H,7,16-21H2,1-2H3,(H,40,49)(H,47,48)/t22-,23-,30-,31+,32-,33-/m1/s1. The number of aliphatic hydroxyl groups excluding tert-OH is 1. The van der Waals surface area contributed by atoms with Gasteiger partial charge in [0.15, 0.2) is 0 Å². The summed E-state index contributed by atoms with van der Waals surface area (Å²) >= 11 is 1.34. The topological polar surface area (TPSA) is 232 Å². The number of hydrogen-bond donors (Lipinski definition) is 3. The van der Waals surface area contributed by atoms with Crippen LogP contribution in [0, 0.1) is 32.1 Å². The van der Waals surface area contributed by atoms with Crippen molar-refractivity contribution in [2.75, 3.05) is 6.54 Å². The van der Waals surface area contributed by atoms with Crippen molar-refractivity contribution in [2.45, 2.75) is 76.3 Å². The summed E-state index contributed by atoms with van der Waals surface area (Å²) in [6.45, 7) is 3.66. The van der Waals surface area contributed by atoms with E-state index >= 15 is 0 Å². The number of aliphatic hydroxyl groups is 1. The molecule has 0 bridgehead atoms. The first kappa shape index (κ1) is 40.6. The average Bonchev–Trinajstić information content (AvgIpc) is 3.70. The van der Waals surface area contributed by atoms with Gasteiger partial charge in [0.05, 0.1) is 27.9 Å². The van der Waals surface area contributed by atoms with Gasteiger partial charge in [-0.15, -0.1) is 11.8 Å². The summed E-state index contributed by atoms with van der Waals surface area (Å²) in [6, 6.07) is 18.2. The van der Waals surface area contributed by atoms with Crippen LogP contribution in [0.15, 0.2) is 83.4 Å². The van der Waals surface area contributed by atoms with E-state index in [1.807, 2.05) is 31.2 Å². The molecule has 3 aliphatic rings. The third kappa shape index (κ3) is 9.18. The number of non-ortho nitro benzene ring substituents is 2. The molecule has 3 aliphatic heterocycles. The Morgan fingerprint density at radius 1 is 0.895 bits per heavy atom. The van der Waals surface area contributed by atoms with Crippen molar-refractivity contribution in [1.29, 1.82) is 0 Å². The highest BCUT2D eigenvalue weighted by Gasteiger charge is 2.60. The van der Waals surface area contributed by atoms with Gasteiger partial charge in [0, 0.05) is 59.5 Å². The Morgan fingerprint density at radius 2 is 1.44 bits per heavy atom. The van der Waals surface area contributed by atoms with Crippen molar-refractivity contribution in [1.82, 2.24) is 15.1 Å². The van der Waals surface area contributed by atoms with E-state index in [4.69, 9.17) is 9.47 Å². The van der Waals surface area contributed by atoms with Gasteiger partial charge in [0.1, 0.15) is 18.9 Å². The van der Waals surface area contributed by atoms with E-state index in [1.165, 1.54) is 72.1 Å². The van der Waals surface area contributed by atoms with Crippen LogP contribution in [-0.2, 0) is 45.2 Å². The molecule has 3 amide bonds. The molecule has 3 N–H and O–H groups in total. The minimum Gasteiger partial charge on any atom is -0.477 e. The second-order valence-corrected chi connectivity index (χ2v) is 15.6. The average molecular weight is 804 g/mol. The third-order valence-electron chi connectivity index (χ3n) is 10.5. The van der Waals surface area contributed by atoms with Crippen molar-refractivity contribution in [3.05, 3.63) is 126 Å². The zero-order valence-electron chi connectivity index (χ0n) is 31.0. The van der Waals surface area contributed by atoms with Crippen LogP contribution >= 0.6 is 11.8 Å². The zero-order chi connectivity index (χ0) is 41.0. The van der Waals surface area contributed by atoms with Gasteiger partial charge in [-0.1, -0.05) is 31.2 Å². The van der Waals surface area contributed by atoms with Crippen molar-refractivity contribution >= 4 is 47.2 Å². The number of nitrogens with one attached hydrogen (secondary N) is 1. The Hall–Kier alpha value is -6.01. The Morgan fingerprint density at radius 3 is 1.98 bits per heavy atom. The number of rotatable bonds is 15. The fourth-order valence-corrected chi connectivity index (χ4v) is 9.07. The smallest absolute Gasteiger partial charge is 0.410 e. The predicted octanol–water partition coefficient (Wildman–Crippen LogP) is 5.53. The Kier molecular flexibility index (Phi) is 12.4. The largest absolute Gasteiger partial charge is 0.477 e. The first-order valence-corrected chi connectivity index (χ1v) is 19.1. The monoisotopic (exact) mass is 803 g/mol. The lowest BCUT2D eigenvalue weighted by Crippen LogP contribution is -2.63. The summed E-state index contributed by atoms with van der Waals surface area (Å²) in [5.74, 6) is -2.67. The van der Waals surface area contributed by atoms with E-state index in [-0.39, 0.29) is 60.6 Å². The number of nitro groups is 2. The Labute approximate surface area is 330 Å². The molecular weight excluding hydrogens is 763 g/mol. The minimum absolute atomic E-state index is 0.0512. The van der Waals surface area contributed by atoms with Gasteiger partial charge in [-0.25, -0.2) is 14.4 Å². The van der Waals surface area contributed by atoms with Gasteiger partial charge in [0.25, 0.3) is 11.4 Å². The quantitative estimate of drug-likeness (QED) is 0.0976. The number of likely N-dealkylation sites (tertiary alicyclic amines) is 1. The highest BCUT2D eigenvalue weighted by atomic mass is 32.2. The zero-order valence-corrected chi connectivity index (χ0v) is 31.8. The summed E-state index contributed by atoms with van der Waals surface area (Å²) in [7, 11) is 0. The lowest BCUT2D eigenvalue weighted by molar-refractivity contribution is -0.385. The first-order chi connectivity index (χ1) is 27.2. The summed E-state index contributed by atoms with van der Waals surface area (Å²) in [6.07, 6.45) is -0.510. The summed E-state index contributed by atoms with van der Waals surface area (Å²) < 4.78 is 10.9. The molecule has 300 valence electrons. The molecule has 0 radical (unpaired) electrons. The van der Waals surface area contributed by atoms with Crippen LogP contribution in [0.3, 0.4) is 0 Å². The van der Waals surface area contributed by atoms with Crippen LogP contribution in [0.25, 0.3) is 0 Å². The number of carbonyl (C=O) groups is 4. The number of aliphatic carboxylic acids is 1. The normalized spacial score (nSPS) is 21.7. The number of hydrogen-bond acceptors (Lipinski definition) is 12. The highest BCUT2D eigenvalue weighted by Crippen LogP contribution is 2.52. The molecular formula is C39H41N5O12S. The Balaban J connectivity index is 1.08. The lowest BCUT2D eigenvalue weighted by atomic mass is 9.79. The molecule has 2 fully saturated rings. The van der Waals surface area contributed by atoms with Crippen LogP contribution in [-0.4, -0.2) is 83.9 Å². The van der Waals surface area contributed by atoms with E-state index in [2.05, 4.69) is 5.32 Å². The fraction of sp³-hybridized carbons (Fsp3) is 0.385. The maximum Gasteiger partial charge on any atom is 0.410 e. The third-order valence-corrected chi connectivity index (χ3v) is 12.0. The van der Waals surface area contributed by atoms with E-state index in [1.54, 1.807) is 4.90 Å². The number of carboxylic acid groups (broad SMARTS) is 1. The molecule has 57 heavy (non-hydrogen) atoms. The van der Waals surface area contributed by atoms with Gasteiger partial charge in [-0.2, -0.15) is 0 Å². The number of aryl methyl sites for hydroxylation is 1. The molecule has 6 rings (SSSR count). The van der Waals surface area contributed by atoms with Gasteiger partial charge < -0.3 is 34.8 Å². The molecule has 17 nitrogen and oxygen atoms in total. The summed E-state index contributed by atoms with van der Waals surface area (Å²) in [5.41, 5.74) is 2.73. The van der Waals surface area contributed by atoms with Crippen LogP contribution in [0.5, 0.6) is 0 Å². The SMILES string of the molecule is C[C@@H](O)[C@H]1C(=O)N2C(C(=O)O)=C(S[C@H]3C[C@@H](CCc4ccc(CNC(=O)OCc5ccc([N+](=O)[O-])cc5)cc4)N(C(=O)OCc4ccc([N+](=O)[O-])cc4)C3)[C@H](C)[C@H]12. The molecule has 18 heteroatoms. The van der Waals surface area contributed by atoms with Crippen molar-refractivity contribution in [3.63, 3.8) is 0 Å². The molecule has 2 saturated heterocycles. The lowest BCUT2D eigenvalue weighted by Gasteiger charge is -2.46. The van der Waals surface area contributed by atoms with E-state index in [0.717, 1.165) is 11.1 Å². The number of β-lactam (4-membered cyclic amide) rings is 1. The molecule has 0 saturated carbocycles. The van der Waals surface area contributed by atoms with Crippen LogP contribution in [0.4, 0.5) is 21.0 Å². The van der Waals surface area contributed by atoms with Gasteiger partial charge >= 0.3 is 18.2 Å². The fourth-order valence-electron chi connectivity index (χ4n) is 7.50. The number of ether oxygens (including phenoxy) is 2. The minimum atomic E-state index is -1.23. The van der Waals surface area contributed by atoms with Crippen molar-refractivity contribution < 1.29 is 48.7 Å². The van der Waals surface area contributed by atoms with E-state index in [0.29, 0.717) is 35.3 Å². The molecule has 0 spiro atoms. The van der Waals surface area contributed by atoms with Gasteiger partial charge in [0.2, 0.25) is 5.91 Å². The molecule has 3 aromatic carbocycles. The van der Waals surface area contributed by atoms with E-state index < -0.39 is 52.0 Å². The predicted molar refractivity (Wildman–Crippen MR) is 204 cm³/mol. The van der Waals surface area contributed by atoms with E-state index in [9.17, 15) is 49.6 Å². The van der Waals surface area contributed by atoms with Crippen LogP contribution < -0.4 is 5.32 Å². The second-order valence-electron chi connectivity index (χ2n) is 14.2. The molecule has 3 aromatic rings. The number of benzene rings is 3. The molecule has 0 aliphatic carbocycles. The maximum atomic E-state index is 13.6. The number of carboxylic acids is 1. The highest BCUT2D eigenvalue weighted by molar-refractivity contribution is 8.03. The van der Waals surface area contributed by atoms with Gasteiger partial charge in [-0.3, -0.25) is 25.0 Å². The number of thioether (sulfide) groups is 1. The number of amides is 3. The first-order valence-electron chi connectivity index (χ1n) is 18.3. The summed E-state index contributed by atoms with van der Waals surface area (Å²) in [5, 5.41) is 44.7. The molecule has 6 atom stereocenters. The Bertz CT molecular complexity index is 2060. The number of alkyl carbamates (subject to hydrolysis) is 1. The van der Waals surface area contributed by atoms with Crippen LogP contribution in [0.1, 0.15) is 48.9 Å². The number of fused-ring (bicyclic) bond motifs is 1. The molecule has 3 heterocycles. The second kappa shape index (κ2) is 17.4. The maximum absolute atomic E-state index is 13.6. The van der Waals surface area contributed by atoms with Gasteiger partial charge in [-0.05, 0) is 72.7 Å². The van der Waals surface area contributed by atoms with Crippen LogP contribution in [0.2, 0.25) is 0 Å². The molecule has 0 aromatic heterocycles. The summed E-state index contributed by atoms with van der Waals surface area (Å²) in [4.78, 5) is 75.5.